The van der Waals surface area contributed by atoms with Gasteiger partial charge in [-0.05, 0) is 94.1 Å². The van der Waals surface area contributed by atoms with Crippen molar-refractivity contribution in [2.24, 2.45) is 0 Å². The molecule has 0 radical (unpaired) electrons. The monoisotopic (exact) mass is 954 g/mol. The number of carbonyl (C=O) groups excluding carboxylic acids is 7. The van der Waals surface area contributed by atoms with Crippen LogP contribution in [-0.4, -0.2) is 143 Å². The lowest BCUT2D eigenvalue weighted by Crippen LogP contribution is -2.59. The van der Waals surface area contributed by atoms with Gasteiger partial charge < -0.3 is 70.4 Å². The Hall–Kier alpha value is -5.41. The molecule has 382 valence electrons. The Labute approximate surface area is 396 Å². The fourth-order valence-electron chi connectivity index (χ4n) is 5.46. The predicted octanol–water partition coefficient (Wildman–Crippen LogP) is 4.27. The van der Waals surface area contributed by atoms with E-state index < -0.39 is 46.7 Å². The van der Waals surface area contributed by atoms with Crippen molar-refractivity contribution in [1.82, 2.24) is 37.2 Å². The third-order valence-corrected chi connectivity index (χ3v) is 8.41. The predicted molar refractivity (Wildman–Crippen MR) is 249 cm³/mol. The molecule has 1 aromatic rings. The van der Waals surface area contributed by atoms with Crippen molar-refractivity contribution in [2.75, 3.05) is 78.9 Å². The lowest BCUT2D eigenvalue weighted by Gasteiger charge is -2.33. The van der Waals surface area contributed by atoms with Crippen molar-refractivity contribution in [3.63, 3.8) is 0 Å². The maximum absolute atomic E-state index is 13.4. The summed E-state index contributed by atoms with van der Waals surface area (Å²) in [4.78, 5) is 86.9. The van der Waals surface area contributed by atoms with Crippen LogP contribution in [0.3, 0.4) is 0 Å². The van der Waals surface area contributed by atoms with Gasteiger partial charge in [-0.15, -0.1) is 0 Å². The van der Waals surface area contributed by atoms with E-state index in [1.807, 2.05) is 31.2 Å². The van der Waals surface area contributed by atoms with E-state index in [0.29, 0.717) is 58.5 Å². The zero-order chi connectivity index (χ0) is 50.4. The average molecular weight is 954 g/mol. The lowest BCUT2D eigenvalue weighted by atomic mass is 10.0. The van der Waals surface area contributed by atoms with E-state index in [4.69, 9.17) is 33.2 Å². The van der Waals surface area contributed by atoms with Crippen molar-refractivity contribution in [2.45, 2.75) is 137 Å². The van der Waals surface area contributed by atoms with E-state index in [0.717, 1.165) is 11.1 Å². The van der Waals surface area contributed by atoms with E-state index in [-0.39, 0.29) is 83.2 Å². The van der Waals surface area contributed by atoms with Gasteiger partial charge in [0.15, 0.2) is 0 Å². The van der Waals surface area contributed by atoms with Crippen molar-refractivity contribution in [3.05, 3.63) is 35.4 Å². The van der Waals surface area contributed by atoms with E-state index in [1.54, 1.807) is 62.3 Å². The molecule has 0 aliphatic heterocycles. The molecule has 0 unspecified atom stereocenters. The molecule has 1 rings (SSSR count). The van der Waals surface area contributed by atoms with Gasteiger partial charge in [-0.3, -0.25) is 14.4 Å². The molecule has 67 heavy (non-hydrogen) atoms. The van der Waals surface area contributed by atoms with E-state index in [9.17, 15) is 33.6 Å². The van der Waals surface area contributed by atoms with Crippen molar-refractivity contribution in [3.8, 4) is 0 Å². The average Bonchev–Trinajstić information content (AvgIpc) is 3.19. The summed E-state index contributed by atoms with van der Waals surface area (Å²) in [5, 5.41) is 19.0. The molecular formula is C46H79N7O14. The third-order valence-electron chi connectivity index (χ3n) is 8.41. The number of benzene rings is 1. The molecule has 0 spiro atoms. The second kappa shape index (κ2) is 31.5. The number of ether oxygens (including phenoxy) is 7. The maximum Gasteiger partial charge on any atom is 0.408 e. The van der Waals surface area contributed by atoms with Gasteiger partial charge in [0.05, 0.1) is 39.6 Å². The second-order valence-electron chi connectivity index (χ2n) is 18.8. The molecule has 0 saturated heterocycles. The quantitative estimate of drug-likeness (QED) is 0.0420. The molecule has 0 aliphatic rings. The summed E-state index contributed by atoms with van der Waals surface area (Å²) in [5.41, 5.74) is -1.56. The summed E-state index contributed by atoms with van der Waals surface area (Å²) in [6, 6.07) is 7.45. The lowest BCUT2D eigenvalue weighted by molar-refractivity contribution is -0.122. The van der Waals surface area contributed by atoms with Gasteiger partial charge >= 0.3 is 24.4 Å². The standard InChI is InChI=1S/C46H79N7O14/c1-34-15-11-16-35(29-34)30-64-42(60)53-46(31-61-26-17-36(54)47-20-12-23-50-39(57)65-43(2,3)4,32-62-27-18-37(55)48-21-13-24-51-40(58)66-44(5,6)7)33-63-28-19-38(56)49-22-14-25-52-41(59)67-45(8,9)10/h11,15-16,29H,12-14,17-28,30-33H2,1-10H3,(H,47,54)(H,48,55)(H,49,56)(H,50,57)(H,51,58)(H,52,59)(H,53,60). The van der Waals surface area contributed by atoms with Gasteiger partial charge in [0.1, 0.15) is 28.9 Å². The number of nitrogens with one attached hydrogen (secondary N) is 7. The highest BCUT2D eigenvalue weighted by Gasteiger charge is 2.35. The van der Waals surface area contributed by atoms with Crippen LogP contribution < -0.4 is 37.2 Å². The minimum atomic E-state index is -1.42. The van der Waals surface area contributed by atoms with Crippen LogP contribution in [0, 0.1) is 6.92 Å². The highest BCUT2D eigenvalue weighted by molar-refractivity contribution is 5.77. The molecule has 0 aromatic heterocycles. The Kier molecular flexibility index (Phi) is 28.1. The first-order valence-electron chi connectivity index (χ1n) is 22.8. The number of alkyl carbamates (subject to hydrolysis) is 4. The zero-order valence-electron chi connectivity index (χ0n) is 41.5. The number of hydrogen-bond donors (Lipinski definition) is 7. The molecule has 0 aliphatic carbocycles. The van der Waals surface area contributed by atoms with Crippen LogP contribution in [0.2, 0.25) is 0 Å². The smallest absolute Gasteiger partial charge is 0.408 e. The van der Waals surface area contributed by atoms with Gasteiger partial charge in [0.25, 0.3) is 0 Å². The zero-order valence-corrected chi connectivity index (χ0v) is 41.5. The highest BCUT2D eigenvalue weighted by atomic mass is 16.6. The van der Waals surface area contributed by atoms with Gasteiger partial charge in [0, 0.05) is 58.5 Å². The van der Waals surface area contributed by atoms with Crippen LogP contribution in [0.4, 0.5) is 19.2 Å². The fraction of sp³-hybridized carbons (Fsp3) is 0.717. The van der Waals surface area contributed by atoms with Crippen molar-refractivity contribution >= 4 is 42.1 Å². The van der Waals surface area contributed by atoms with Crippen LogP contribution in [0.25, 0.3) is 0 Å². The summed E-state index contributed by atoms with van der Waals surface area (Å²) in [7, 11) is 0. The minimum absolute atomic E-state index is 0.0317. The molecule has 1 aromatic carbocycles. The van der Waals surface area contributed by atoms with Crippen LogP contribution in [0.1, 0.15) is 112 Å². The van der Waals surface area contributed by atoms with Gasteiger partial charge in [-0.25, -0.2) is 19.2 Å². The molecular weight excluding hydrogens is 875 g/mol. The molecule has 7 amide bonds. The fourth-order valence-corrected chi connectivity index (χ4v) is 5.46. The summed E-state index contributed by atoms with van der Waals surface area (Å²) in [6.07, 6.45) is -1.17. The highest BCUT2D eigenvalue weighted by Crippen LogP contribution is 2.13. The molecule has 0 heterocycles. The van der Waals surface area contributed by atoms with Gasteiger partial charge in [-0.2, -0.15) is 0 Å². The number of carbonyl (C=O) groups is 7. The second-order valence-corrected chi connectivity index (χ2v) is 18.8. The van der Waals surface area contributed by atoms with Gasteiger partial charge in [0.2, 0.25) is 17.7 Å². The molecule has 0 atom stereocenters. The first-order valence-corrected chi connectivity index (χ1v) is 22.8. The Morgan fingerprint density at radius 3 is 1.15 bits per heavy atom. The number of aryl methyl sites for hydroxylation is 1. The van der Waals surface area contributed by atoms with Crippen molar-refractivity contribution < 1.29 is 66.7 Å². The molecule has 0 saturated carbocycles. The Bertz CT molecular complexity index is 1530. The maximum atomic E-state index is 13.4. The van der Waals surface area contributed by atoms with Crippen LogP contribution >= 0.6 is 0 Å². The van der Waals surface area contributed by atoms with Crippen LogP contribution in [0.5, 0.6) is 0 Å². The van der Waals surface area contributed by atoms with Crippen LogP contribution in [0.15, 0.2) is 24.3 Å². The first-order chi connectivity index (χ1) is 31.4. The molecule has 21 nitrogen and oxygen atoms in total. The number of hydrogen-bond acceptors (Lipinski definition) is 14. The molecule has 0 bridgehead atoms. The Morgan fingerprint density at radius 2 is 0.821 bits per heavy atom. The topological polar surface area (TPSA) is 268 Å². The van der Waals surface area contributed by atoms with E-state index in [2.05, 4.69) is 37.2 Å². The normalized spacial score (nSPS) is 11.7. The third kappa shape index (κ3) is 34.5. The van der Waals surface area contributed by atoms with Crippen LogP contribution in [-0.2, 0) is 54.1 Å². The summed E-state index contributed by atoms with van der Waals surface area (Å²) in [6.45, 7) is 18.7. The summed E-state index contributed by atoms with van der Waals surface area (Å²) in [5.74, 6) is -0.919. The van der Waals surface area contributed by atoms with Gasteiger partial charge in [-0.1, -0.05) is 29.8 Å². The SMILES string of the molecule is Cc1cccc(COC(=O)NC(COCCC(=O)NCCCNC(=O)OC(C)(C)C)(COCCC(=O)NCCCNC(=O)OC(C)(C)C)COCCC(=O)NCCCNC(=O)OC(C)(C)C)c1. The molecule has 0 fully saturated rings. The van der Waals surface area contributed by atoms with Crippen molar-refractivity contribution in [1.29, 1.82) is 0 Å². The summed E-state index contributed by atoms with van der Waals surface area (Å²) < 4.78 is 39.0. The minimum Gasteiger partial charge on any atom is -0.445 e. The largest absolute Gasteiger partial charge is 0.445 e. The first kappa shape index (κ1) is 59.6. The Morgan fingerprint density at radius 1 is 0.478 bits per heavy atom. The Balaban J connectivity index is 2.93. The van der Waals surface area contributed by atoms with E-state index >= 15 is 0 Å². The number of amides is 7. The molecule has 21 heteroatoms. The summed E-state index contributed by atoms with van der Waals surface area (Å²) >= 11 is 0. The molecule has 7 N–H and O–H groups in total. The van der Waals surface area contributed by atoms with E-state index in [1.165, 1.54) is 0 Å². The number of rotatable bonds is 30.